The van der Waals surface area contributed by atoms with Gasteiger partial charge < -0.3 is 19.7 Å². The highest BCUT2D eigenvalue weighted by atomic mass is 16.5. The van der Waals surface area contributed by atoms with E-state index in [0.29, 0.717) is 45.6 Å². The first-order valence-corrected chi connectivity index (χ1v) is 10.6. The summed E-state index contributed by atoms with van der Waals surface area (Å²) in [5.74, 6) is 0.836. The standard InChI is InChI=1S/C22H33N3O4/c1-4-18-15-25(19-14-16(2)6-7-20(19)29-18)22(27)24-11-8-17(9-12-24)21(26)23-10-5-13-28-3/h6-7,14,17-18H,4-5,8-13,15H2,1-3H3,(H,23,26)/t18-/m0/s1. The lowest BCUT2D eigenvalue weighted by Gasteiger charge is -2.39. The molecule has 0 unspecified atom stereocenters. The van der Waals surface area contributed by atoms with Crippen molar-refractivity contribution in [2.45, 2.75) is 45.6 Å². The Hall–Kier alpha value is -2.28. The largest absolute Gasteiger partial charge is 0.486 e. The third-order valence-corrected chi connectivity index (χ3v) is 5.73. The number of urea groups is 1. The van der Waals surface area contributed by atoms with Crippen molar-refractivity contribution in [1.29, 1.82) is 0 Å². The van der Waals surface area contributed by atoms with Crippen LogP contribution in [-0.4, -0.2) is 62.8 Å². The first kappa shape index (κ1) is 21.4. The Morgan fingerprint density at radius 3 is 2.72 bits per heavy atom. The second-order valence-corrected chi connectivity index (χ2v) is 7.91. The summed E-state index contributed by atoms with van der Waals surface area (Å²) in [6.45, 7) is 7.13. The van der Waals surface area contributed by atoms with Crippen molar-refractivity contribution in [3.05, 3.63) is 23.8 Å². The number of aryl methyl sites for hydroxylation is 1. The second-order valence-electron chi connectivity index (χ2n) is 7.91. The summed E-state index contributed by atoms with van der Waals surface area (Å²) in [5.41, 5.74) is 1.95. The lowest BCUT2D eigenvalue weighted by atomic mass is 9.96. The fraction of sp³-hybridized carbons (Fsp3) is 0.636. The van der Waals surface area contributed by atoms with Gasteiger partial charge >= 0.3 is 6.03 Å². The summed E-state index contributed by atoms with van der Waals surface area (Å²) in [6.07, 6.45) is 3.06. The van der Waals surface area contributed by atoms with Gasteiger partial charge in [0.15, 0.2) is 0 Å². The summed E-state index contributed by atoms with van der Waals surface area (Å²) in [4.78, 5) is 29.4. The van der Waals surface area contributed by atoms with Crippen molar-refractivity contribution in [3.63, 3.8) is 0 Å². The Morgan fingerprint density at radius 1 is 1.28 bits per heavy atom. The van der Waals surface area contributed by atoms with Crippen LogP contribution in [0.15, 0.2) is 18.2 Å². The third-order valence-electron chi connectivity index (χ3n) is 5.73. The fourth-order valence-electron chi connectivity index (χ4n) is 3.93. The van der Waals surface area contributed by atoms with Gasteiger partial charge in [-0.1, -0.05) is 13.0 Å². The van der Waals surface area contributed by atoms with E-state index in [4.69, 9.17) is 9.47 Å². The summed E-state index contributed by atoms with van der Waals surface area (Å²) in [5, 5.41) is 2.98. The number of hydrogen-bond donors (Lipinski definition) is 1. The number of ether oxygens (including phenoxy) is 2. The molecule has 1 N–H and O–H groups in total. The van der Waals surface area contributed by atoms with Gasteiger partial charge in [0.05, 0.1) is 12.2 Å². The van der Waals surface area contributed by atoms with Crippen LogP contribution in [-0.2, 0) is 9.53 Å². The highest BCUT2D eigenvalue weighted by molar-refractivity contribution is 5.94. The van der Waals surface area contributed by atoms with Crippen molar-refractivity contribution in [3.8, 4) is 5.75 Å². The number of anilines is 1. The van der Waals surface area contributed by atoms with Crippen LogP contribution >= 0.6 is 0 Å². The Balaban J connectivity index is 1.59. The molecule has 0 saturated carbocycles. The highest BCUT2D eigenvalue weighted by Gasteiger charge is 2.34. The number of amides is 3. The van der Waals surface area contributed by atoms with Crippen LogP contribution in [0.1, 0.15) is 38.2 Å². The van der Waals surface area contributed by atoms with Crippen LogP contribution in [0.2, 0.25) is 0 Å². The van der Waals surface area contributed by atoms with Crippen LogP contribution in [0.25, 0.3) is 0 Å². The smallest absolute Gasteiger partial charge is 0.324 e. The molecule has 160 valence electrons. The average molecular weight is 404 g/mol. The third kappa shape index (κ3) is 5.21. The minimum atomic E-state index is -0.0239. The molecule has 1 fully saturated rings. The van der Waals surface area contributed by atoms with E-state index in [1.165, 1.54) is 0 Å². The highest BCUT2D eigenvalue weighted by Crippen LogP contribution is 2.36. The lowest BCUT2D eigenvalue weighted by molar-refractivity contribution is -0.126. The predicted molar refractivity (Wildman–Crippen MR) is 112 cm³/mol. The van der Waals surface area contributed by atoms with Gasteiger partial charge in [-0.05, 0) is 50.3 Å². The van der Waals surface area contributed by atoms with E-state index in [-0.39, 0.29) is 24.0 Å². The number of carbonyl (C=O) groups excluding carboxylic acids is 2. The summed E-state index contributed by atoms with van der Waals surface area (Å²) >= 11 is 0. The molecular formula is C22H33N3O4. The number of methoxy groups -OCH3 is 1. The van der Waals surface area contributed by atoms with Crippen molar-refractivity contribution in [2.75, 3.05) is 44.8 Å². The fourth-order valence-corrected chi connectivity index (χ4v) is 3.93. The van der Waals surface area contributed by atoms with Crippen LogP contribution in [0, 0.1) is 12.8 Å². The normalized spacial score (nSPS) is 19.5. The quantitative estimate of drug-likeness (QED) is 0.742. The number of nitrogens with one attached hydrogen (secondary N) is 1. The zero-order valence-electron chi connectivity index (χ0n) is 17.8. The first-order valence-electron chi connectivity index (χ1n) is 10.6. The molecule has 1 atom stereocenters. The van der Waals surface area contributed by atoms with Gasteiger partial charge in [0.1, 0.15) is 11.9 Å². The van der Waals surface area contributed by atoms with Gasteiger partial charge in [0, 0.05) is 39.3 Å². The van der Waals surface area contributed by atoms with Crippen LogP contribution < -0.4 is 15.0 Å². The van der Waals surface area contributed by atoms with E-state index in [2.05, 4.69) is 12.2 Å². The maximum Gasteiger partial charge on any atom is 0.324 e. The minimum absolute atomic E-state index is 0.00423. The molecule has 0 aliphatic carbocycles. The zero-order valence-corrected chi connectivity index (χ0v) is 17.8. The van der Waals surface area contributed by atoms with Crippen molar-refractivity contribution >= 4 is 17.6 Å². The van der Waals surface area contributed by atoms with Crippen molar-refractivity contribution in [1.82, 2.24) is 10.2 Å². The maximum atomic E-state index is 13.3. The van der Waals surface area contributed by atoms with Gasteiger partial charge in [-0.2, -0.15) is 0 Å². The zero-order chi connectivity index (χ0) is 20.8. The molecule has 2 aliphatic rings. The van der Waals surface area contributed by atoms with E-state index in [1.54, 1.807) is 7.11 Å². The van der Waals surface area contributed by atoms with E-state index in [9.17, 15) is 9.59 Å². The first-order chi connectivity index (χ1) is 14.0. The second kappa shape index (κ2) is 9.96. The van der Waals surface area contributed by atoms with E-state index >= 15 is 0 Å². The molecular weight excluding hydrogens is 370 g/mol. The summed E-state index contributed by atoms with van der Waals surface area (Å²) < 4.78 is 11.0. The van der Waals surface area contributed by atoms with Gasteiger partial charge in [-0.15, -0.1) is 0 Å². The lowest BCUT2D eigenvalue weighted by Crippen LogP contribution is -2.52. The Morgan fingerprint density at radius 2 is 2.03 bits per heavy atom. The molecule has 7 nitrogen and oxygen atoms in total. The van der Waals surface area contributed by atoms with Crippen LogP contribution in [0.3, 0.4) is 0 Å². The molecule has 1 aromatic carbocycles. The molecule has 1 saturated heterocycles. The number of benzene rings is 1. The molecule has 0 aromatic heterocycles. The molecule has 0 bridgehead atoms. The SMILES string of the molecule is CC[C@H]1CN(C(=O)N2CCC(C(=O)NCCCOC)CC2)c2cc(C)ccc2O1. The van der Waals surface area contributed by atoms with Gasteiger partial charge in [-0.3, -0.25) is 9.69 Å². The number of piperidine rings is 1. The number of rotatable bonds is 6. The Labute approximate surface area is 173 Å². The van der Waals surface area contributed by atoms with E-state index in [1.807, 2.05) is 34.9 Å². The molecule has 2 heterocycles. The number of carbonyl (C=O) groups is 2. The molecule has 2 aliphatic heterocycles. The van der Waals surface area contributed by atoms with E-state index < -0.39 is 0 Å². The van der Waals surface area contributed by atoms with Crippen LogP contribution in [0.5, 0.6) is 5.75 Å². The molecule has 7 heteroatoms. The maximum absolute atomic E-state index is 13.3. The summed E-state index contributed by atoms with van der Waals surface area (Å²) in [7, 11) is 1.66. The number of fused-ring (bicyclic) bond motifs is 1. The number of hydrogen-bond acceptors (Lipinski definition) is 4. The molecule has 0 radical (unpaired) electrons. The van der Waals surface area contributed by atoms with E-state index in [0.717, 1.165) is 29.8 Å². The van der Waals surface area contributed by atoms with Crippen LogP contribution in [0.4, 0.5) is 10.5 Å². The molecule has 1 aromatic rings. The Kier molecular flexibility index (Phi) is 7.36. The van der Waals surface area contributed by atoms with Gasteiger partial charge in [0.2, 0.25) is 5.91 Å². The molecule has 3 amide bonds. The van der Waals surface area contributed by atoms with Gasteiger partial charge in [0.25, 0.3) is 0 Å². The number of likely N-dealkylation sites (tertiary alicyclic amines) is 1. The number of nitrogens with zero attached hydrogens (tertiary/aromatic N) is 2. The minimum Gasteiger partial charge on any atom is -0.486 e. The predicted octanol–water partition coefficient (Wildman–Crippen LogP) is 2.96. The Bertz CT molecular complexity index is 716. The topological polar surface area (TPSA) is 71.1 Å². The summed E-state index contributed by atoms with van der Waals surface area (Å²) in [6, 6.07) is 5.99. The molecule has 29 heavy (non-hydrogen) atoms. The van der Waals surface area contributed by atoms with Crippen molar-refractivity contribution in [2.24, 2.45) is 5.92 Å². The van der Waals surface area contributed by atoms with Crippen molar-refractivity contribution < 1.29 is 19.1 Å². The molecule has 0 spiro atoms. The monoisotopic (exact) mass is 403 g/mol. The molecule has 3 rings (SSSR count). The average Bonchev–Trinajstić information content (AvgIpc) is 2.75. The van der Waals surface area contributed by atoms with Gasteiger partial charge in [-0.25, -0.2) is 4.79 Å².